The Hall–Kier alpha value is -2.07. The third kappa shape index (κ3) is 4.76. The maximum atomic E-state index is 12.9. The fourth-order valence-electron chi connectivity index (χ4n) is 2.19. The zero-order chi connectivity index (χ0) is 19.8. The number of halogens is 6. The Morgan fingerprint density at radius 3 is 1.73 bits per heavy atom. The first-order valence-corrected chi connectivity index (χ1v) is 8.66. The molecular weight excluding hydrogens is 384 g/mol. The van der Waals surface area contributed by atoms with Crippen LogP contribution in [0.15, 0.2) is 53.4 Å². The molecule has 0 aliphatic rings. The summed E-state index contributed by atoms with van der Waals surface area (Å²) in [5, 5.41) is 0. The zero-order valence-corrected chi connectivity index (χ0v) is 14.0. The molecule has 10 heteroatoms. The number of rotatable bonds is 4. The van der Waals surface area contributed by atoms with Crippen molar-refractivity contribution in [2.75, 3.05) is 0 Å². The second-order valence-corrected chi connectivity index (χ2v) is 7.21. The predicted octanol–water partition coefficient (Wildman–Crippen LogP) is 4.76. The van der Waals surface area contributed by atoms with E-state index in [0.29, 0.717) is 5.56 Å². The molecule has 0 aliphatic heterocycles. The molecule has 3 nitrogen and oxygen atoms in total. The Morgan fingerprint density at radius 1 is 0.846 bits per heavy atom. The third-order valence-corrected chi connectivity index (χ3v) is 5.02. The molecule has 2 aromatic carbocycles. The van der Waals surface area contributed by atoms with Crippen LogP contribution in [0, 0.1) is 0 Å². The Balaban J connectivity index is 2.48. The van der Waals surface area contributed by atoms with Crippen molar-refractivity contribution < 1.29 is 34.8 Å². The quantitative estimate of drug-likeness (QED) is 0.756. The highest BCUT2D eigenvalue weighted by atomic mass is 32.2. The molecule has 0 bridgehead atoms. The van der Waals surface area contributed by atoms with Gasteiger partial charge in [-0.2, -0.15) is 26.3 Å². The molecule has 0 fully saturated rings. The fourth-order valence-corrected chi connectivity index (χ4v) is 3.49. The van der Waals surface area contributed by atoms with Gasteiger partial charge in [-0.15, -0.1) is 0 Å². The largest absolute Gasteiger partial charge is 0.416 e. The Kier molecular flexibility index (Phi) is 5.39. The van der Waals surface area contributed by atoms with Gasteiger partial charge in [-0.05, 0) is 30.7 Å². The van der Waals surface area contributed by atoms with E-state index in [0.717, 1.165) is 0 Å². The lowest BCUT2D eigenvalue weighted by molar-refractivity contribution is -0.143. The first-order chi connectivity index (χ1) is 11.8. The van der Waals surface area contributed by atoms with Crippen LogP contribution in [-0.2, 0) is 22.4 Å². The summed E-state index contributed by atoms with van der Waals surface area (Å²) in [5.41, 5.74) is -2.89. The minimum Gasteiger partial charge on any atom is -0.207 e. The Morgan fingerprint density at radius 2 is 1.31 bits per heavy atom. The number of nitrogens with one attached hydrogen (secondary N) is 1. The lowest BCUT2D eigenvalue weighted by Gasteiger charge is -2.17. The second kappa shape index (κ2) is 6.92. The van der Waals surface area contributed by atoms with Crippen LogP contribution in [0.25, 0.3) is 0 Å². The predicted molar refractivity (Wildman–Crippen MR) is 81.6 cm³/mol. The average molecular weight is 397 g/mol. The van der Waals surface area contributed by atoms with Crippen molar-refractivity contribution in [2.45, 2.75) is 30.2 Å². The highest BCUT2D eigenvalue weighted by Gasteiger charge is 2.38. The molecule has 2 aromatic rings. The van der Waals surface area contributed by atoms with Crippen molar-refractivity contribution in [1.29, 1.82) is 0 Å². The van der Waals surface area contributed by atoms with Gasteiger partial charge < -0.3 is 0 Å². The van der Waals surface area contributed by atoms with E-state index in [-0.39, 0.29) is 18.2 Å². The minimum atomic E-state index is -5.13. The average Bonchev–Trinajstić information content (AvgIpc) is 2.53. The molecule has 142 valence electrons. The van der Waals surface area contributed by atoms with Gasteiger partial charge in [0, 0.05) is 6.04 Å². The summed E-state index contributed by atoms with van der Waals surface area (Å²) in [6, 6.07) is 7.42. The van der Waals surface area contributed by atoms with Crippen LogP contribution < -0.4 is 4.72 Å². The van der Waals surface area contributed by atoms with Crippen molar-refractivity contribution in [3.63, 3.8) is 0 Å². The standard InChI is InChI=1S/C16H13F6NO2S/c1-10(11-5-3-2-4-6-11)23-26(24,25)14-8-12(15(17,18)19)7-13(9-14)16(20,21)22/h2-10,23H,1H3/t10-/m1/s1. The van der Waals surface area contributed by atoms with Crippen LogP contribution in [0.5, 0.6) is 0 Å². The summed E-state index contributed by atoms with van der Waals surface area (Å²) in [6.45, 7) is 1.42. The van der Waals surface area contributed by atoms with Crippen LogP contribution >= 0.6 is 0 Å². The van der Waals surface area contributed by atoms with Crippen LogP contribution in [-0.4, -0.2) is 8.42 Å². The molecule has 0 saturated carbocycles. The van der Waals surface area contributed by atoms with E-state index in [2.05, 4.69) is 4.72 Å². The number of sulfonamides is 1. The molecule has 0 aromatic heterocycles. The first-order valence-electron chi connectivity index (χ1n) is 7.17. The molecule has 0 spiro atoms. The molecule has 0 radical (unpaired) electrons. The van der Waals surface area contributed by atoms with E-state index in [1.165, 1.54) is 6.92 Å². The SMILES string of the molecule is C[C@@H](NS(=O)(=O)c1cc(C(F)(F)F)cc(C(F)(F)F)c1)c1ccccc1. The molecule has 0 amide bonds. The number of hydrogen-bond acceptors (Lipinski definition) is 2. The fraction of sp³-hybridized carbons (Fsp3) is 0.250. The summed E-state index contributed by atoms with van der Waals surface area (Å²) in [6.07, 6.45) is -10.3. The smallest absolute Gasteiger partial charge is 0.207 e. The number of alkyl halides is 6. The molecule has 0 saturated heterocycles. The molecule has 1 N–H and O–H groups in total. The van der Waals surface area contributed by atoms with Gasteiger partial charge in [-0.25, -0.2) is 13.1 Å². The maximum Gasteiger partial charge on any atom is 0.416 e. The van der Waals surface area contributed by atoms with Crippen LogP contribution in [0.1, 0.15) is 29.7 Å². The maximum absolute atomic E-state index is 12.9. The van der Waals surface area contributed by atoms with Crippen LogP contribution in [0.3, 0.4) is 0 Å². The topological polar surface area (TPSA) is 46.2 Å². The van der Waals surface area contributed by atoms with Crippen LogP contribution in [0.2, 0.25) is 0 Å². The highest BCUT2D eigenvalue weighted by Crippen LogP contribution is 2.37. The van der Waals surface area contributed by atoms with Crippen molar-refractivity contribution in [2.24, 2.45) is 0 Å². The van der Waals surface area contributed by atoms with Gasteiger partial charge in [0.05, 0.1) is 16.0 Å². The van der Waals surface area contributed by atoms with E-state index < -0.39 is 44.4 Å². The third-order valence-electron chi connectivity index (χ3n) is 3.50. The Bertz CT molecular complexity index is 844. The van der Waals surface area contributed by atoms with Crippen molar-refractivity contribution in [1.82, 2.24) is 4.72 Å². The minimum absolute atomic E-state index is 0.125. The molecule has 26 heavy (non-hydrogen) atoms. The Labute approximate surface area is 145 Å². The van der Waals surface area contributed by atoms with Gasteiger partial charge in [-0.1, -0.05) is 30.3 Å². The molecule has 0 unspecified atom stereocenters. The van der Waals surface area contributed by atoms with E-state index in [1.807, 2.05) is 0 Å². The van der Waals surface area contributed by atoms with E-state index in [4.69, 9.17) is 0 Å². The second-order valence-electron chi connectivity index (χ2n) is 5.50. The van der Waals surface area contributed by atoms with Crippen molar-refractivity contribution >= 4 is 10.0 Å². The normalized spacial score (nSPS) is 14.3. The molecule has 0 aliphatic carbocycles. The molecule has 1 atom stereocenters. The van der Waals surface area contributed by atoms with E-state index in [9.17, 15) is 34.8 Å². The lowest BCUT2D eigenvalue weighted by Crippen LogP contribution is -2.27. The van der Waals surface area contributed by atoms with Crippen LogP contribution in [0.4, 0.5) is 26.3 Å². The molecule has 2 rings (SSSR count). The zero-order valence-electron chi connectivity index (χ0n) is 13.2. The van der Waals surface area contributed by atoms with E-state index in [1.54, 1.807) is 30.3 Å². The van der Waals surface area contributed by atoms with Gasteiger partial charge in [0.15, 0.2) is 0 Å². The number of benzene rings is 2. The summed E-state index contributed by atoms with van der Waals surface area (Å²) in [7, 11) is -4.62. The summed E-state index contributed by atoms with van der Waals surface area (Å²) in [4.78, 5) is -1.11. The van der Waals surface area contributed by atoms with Gasteiger partial charge in [0.25, 0.3) is 0 Å². The summed E-state index contributed by atoms with van der Waals surface area (Å²) in [5.74, 6) is 0. The monoisotopic (exact) mass is 397 g/mol. The highest BCUT2D eigenvalue weighted by molar-refractivity contribution is 7.89. The van der Waals surface area contributed by atoms with Crippen molar-refractivity contribution in [3.05, 3.63) is 65.2 Å². The number of hydrogen-bond donors (Lipinski definition) is 1. The lowest BCUT2D eigenvalue weighted by atomic mass is 10.1. The first kappa shape index (κ1) is 20.2. The van der Waals surface area contributed by atoms with Gasteiger partial charge >= 0.3 is 12.4 Å². The van der Waals surface area contributed by atoms with Gasteiger partial charge in [0.2, 0.25) is 10.0 Å². The van der Waals surface area contributed by atoms with E-state index >= 15 is 0 Å². The molecular formula is C16H13F6NO2S. The van der Waals surface area contributed by atoms with Gasteiger partial charge in [-0.3, -0.25) is 0 Å². The summed E-state index contributed by atoms with van der Waals surface area (Å²) >= 11 is 0. The molecule has 0 heterocycles. The van der Waals surface area contributed by atoms with Gasteiger partial charge in [0.1, 0.15) is 0 Å². The summed E-state index contributed by atoms with van der Waals surface area (Å²) < 4.78 is 104. The van der Waals surface area contributed by atoms with Crippen molar-refractivity contribution in [3.8, 4) is 0 Å².